The summed E-state index contributed by atoms with van der Waals surface area (Å²) in [4.78, 5) is 1.16. The van der Waals surface area contributed by atoms with Crippen molar-refractivity contribution >= 4 is 11.8 Å². The first-order chi connectivity index (χ1) is 9.74. The van der Waals surface area contributed by atoms with Gasteiger partial charge in [-0.1, -0.05) is 5.16 Å². The van der Waals surface area contributed by atoms with Crippen LogP contribution in [0.4, 0.5) is 0 Å². The summed E-state index contributed by atoms with van der Waals surface area (Å²) in [5, 5.41) is 3.98. The molecule has 0 bridgehead atoms. The van der Waals surface area contributed by atoms with Gasteiger partial charge in [-0.05, 0) is 32.0 Å². The van der Waals surface area contributed by atoms with E-state index in [9.17, 15) is 0 Å². The number of aryl methyl sites for hydroxylation is 2. The Labute approximate surface area is 122 Å². The van der Waals surface area contributed by atoms with E-state index in [1.807, 2.05) is 26.0 Å². The monoisotopic (exact) mass is 291 g/mol. The molecule has 3 rings (SSSR count). The van der Waals surface area contributed by atoms with E-state index in [2.05, 4.69) is 11.2 Å². The van der Waals surface area contributed by atoms with E-state index in [0.717, 1.165) is 46.6 Å². The first-order valence-electron chi connectivity index (χ1n) is 6.68. The highest BCUT2D eigenvalue weighted by molar-refractivity contribution is 7.98. The van der Waals surface area contributed by atoms with Gasteiger partial charge in [0.25, 0.3) is 0 Å². The molecule has 1 aromatic carbocycles. The Balaban J connectivity index is 1.73. The number of aromatic nitrogens is 1. The fourth-order valence-corrected chi connectivity index (χ4v) is 3.17. The van der Waals surface area contributed by atoms with Gasteiger partial charge in [-0.3, -0.25) is 0 Å². The van der Waals surface area contributed by atoms with Crippen molar-refractivity contribution in [2.75, 3.05) is 13.2 Å². The second kappa shape index (κ2) is 5.79. The minimum atomic E-state index is 0.713. The normalized spacial score (nSPS) is 14.1. The zero-order valence-corrected chi connectivity index (χ0v) is 12.5. The van der Waals surface area contributed by atoms with Crippen molar-refractivity contribution in [2.24, 2.45) is 0 Å². The fraction of sp³-hybridized carbons (Fsp3) is 0.400. The second-order valence-electron chi connectivity index (χ2n) is 4.75. The van der Waals surface area contributed by atoms with E-state index >= 15 is 0 Å². The van der Waals surface area contributed by atoms with Crippen molar-refractivity contribution in [3.63, 3.8) is 0 Å². The summed E-state index contributed by atoms with van der Waals surface area (Å²) in [6.07, 6.45) is 0.927. The minimum Gasteiger partial charge on any atom is -0.490 e. The van der Waals surface area contributed by atoms with E-state index in [-0.39, 0.29) is 0 Å². The van der Waals surface area contributed by atoms with Crippen LogP contribution in [0, 0.1) is 13.8 Å². The van der Waals surface area contributed by atoms with Crippen molar-refractivity contribution in [2.45, 2.75) is 30.9 Å². The lowest BCUT2D eigenvalue weighted by atomic mass is 10.2. The van der Waals surface area contributed by atoms with Gasteiger partial charge < -0.3 is 14.0 Å². The van der Waals surface area contributed by atoms with Gasteiger partial charge in [0, 0.05) is 22.6 Å². The van der Waals surface area contributed by atoms with Crippen molar-refractivity contribution < 1.29 is 14.0 Å². The van der Waals surface area contributed by atoms with Gasteiger partial charge in [-0.25, -0.2) is 0 Å². The quantitative estimate of drug-likeness (QED) is 0.806. The molecule has 1 aliphatic rings. The molecule has 0 radical (unpaired) electrons. The third kappa shape index (κ3) is 2.77. The predicted molar refractivity (Wildman–Crippen MR) is 77.6 cm³/mol. The summed E-state index contributed by atoms with van der Waals surface area (Å²) < 4.78 is 16.5. The van der Waals surface area contributed by atoms with Crippen LogP contribution in [0.1, 0.15) is 23.4 Å². The van der Waals surface area contributed by atoms with Crippen molar-refractivity contribution in [3.05, 3.63) is 35.2 Å². The van der Waals surface area contributed by atoms with Crippen LogP contribution >= 0.6 is 11.8 Å². The van der Waals surface area contributed by atoms with Gasteiger partial charge in [0.05, 0.1) is 18.9 Å². The molecule has 0 aliphatic carbocycles. The first kappa shape index (κ1) is 13.4. The molecule has 0 N–H and O–H groups in total. The van der Waals surface area contributed by atoms with Crippen molar-refractivity contribution in [1.29, 1.82) is 0 Å². The Bertz CT molecular complexity index is 590. The van der Waals surface area contributed by atoms with E-state index in [0.29, 0.717) is 6.61 Å². The van der Waals surface area contributed by atoms with Crippen LogP contribution in [0.15, 0.2) is 27.6 Å². The Morgan fingerprint density at radius 2 is 1.95 bits per heavy atom. The molecule has 106 valence electrons. The lowest BCUT2D eigenvalue weighted by Crippen LogP contribution is -1.97. The molecule has 2 aromatic rings. The number of nitrogens with zero attached hydrogens (tertiary/aromatic N) is 1. The third-order valence-electron chi connectivity index (χ3n) is 3.28. The smallest absolute Gasteiger partial charge is 0.162 e. The van der Waals surface area contributed by atoms with Gasteiger partial charge in [0.15, 0.2) is 11.5 Å². The minimum absolute atomic E-state index is 0.713. The summed E-state index contributed by atoms with van der Waals surface area (Å²) in [6.45, 7) is 5.35. The molecular formula is C15H17NO3S. The van der Waals surface area contributed by atoms with Crippen LogP contribution in [-0.2, 0) is 5.75 Å². The molecule has 1 aliphatic heterocycles. The van der Waals surface area contributed by atoms with Crippen LogP contribution < -0.4 is 9.47 Å². The number of ether oxygens (including phenoxy) is 2. The lowest BCUT2D eigenvalue weighted by Gasteiger charge is -2.09. The molecule has 4 nitrogen and oxygen atoms in total. The maximum Gasteiger partial charge on any atom is 0.162 e. The van der Waals surface area contributed by atoms with E-state index in [1.54, 1.807) is 11.8 Å². The first-order valence-corrected chi connectivity index (χ1v) is 7.67. The van der Waals surface area contributed by atoms with Crippen LogP contribution in [0.5, 0.6) is 11.5 Å². The fourth-order valence-electron chi connectivity index (χ4n) is 2.10. The van der Waals surface area contributed by atoms with Crippen LogP contribution in [0.2, 0.25) is 0 Å². The summed E-state index contributed by atoms with van der Waals surface area (Å²) in [5.41, 5.74) is 2.13. The molecule has 0 atom stereocenters. The molecule has 1 aromatic heterocycles. The number of fused-ring (bicyclic) bond motifs is 1. The molecule has 0 fully saturated rings. The molecule has 20 heavy (non-hydrogen) atoms. The predicted octanol–water partition coefficient (Wildman–Crippen LogP) is 3.75. The number of hydrogen-bond acceptors (Lipinski definition) is 5. The SMILES string of the molecule is Cc1noc(C)c1CSc1ccc2c(c1)OCCCO2. The van der Waals surface area contributed by atoms with Gasteiger partial charge in [-0.2, -0.15) is 0 Å². The van der Waals surface area contributed by atoms with Gasteiger partial charge >= 0.3 is 0 Å². The summed E-state index contributed by atoms with van der Waals surface area (Å²) >= 11 is 1.75. The standard InChI is InChI=1S/C15H17NO3S/c1-10-13(11(2)19-16-10)9-20-12-4-5-14-15(8-12)18-7-3-6-17-14/h4-5,8H,3,6-7,9H2,1-2H3. The molecule has 0 saturated carbocycles. The van der Waals surface area contributed by atoms with Gasteiger partial charge in [0.2, 0.25) is 0 Å². The third-order valence-corrected chi connectivity index (χ3v) is 4.30. The Morgan fingerprint density at radius 3 is 2.70 bits per heavy atom. The Morgan fingerprint density at radius 1 is 1.15 bits per heavy atom. The maximum atomic E-state index is 5.70. The highest BCUT2D eigenvalue weighted by atomic mass is 32.2. The molecule has 5 heteroatoms. The highest BCUT2D eigenvalue weighted by Crippen LogP contribution is 2.35. The molecule has 0 spiro atoms. The zero-order valence-electron chi connectivity index (χ0n) is 11.6. The zero-order chi connectivity index (χ0) is 13.9. The van der Waals surface area contributed by atoms with E-state index in [4.69, 9.17) is 14.0 Å². The van der Waals surface area contributed by atoms with Crippen LogP contribution in [0.3, 0.4) is 0 Å². The van der Waals surface area contributed by atoms with Gasteiger partial charge in [-0.15, -0.1) is 11.8 Å². The van der Waals surface area contributed by atoms with Crippen LogP contribution in [-0.4, -0.2) is 18.4 Å². The van der Waals surface area contributed by atoms with E-state index < -0.39 is 0 Å². The Hall–Kier alpha value is -1.62. The summed E-state index contributed by atoms with van der Waals surface area (Å²) in [7, 11) is 0. The largest absolute Gasteiger partial charge is 0.490 e. The average Bonchev–Trinajstić information content (AvgIpc) is 2.67. The van der Waals surface area contributed by atoms with Gasteiger partial charge in [0.1, 0.15) is 5.76 Å². The average molecular weight is 291 g/mol. The number of rotatable bonds is 3. The lowest BCUT2D eigenvalue weighted by molar-refractivity contribution is 0.297. The van der Waals surface area contributed by atoms with Crippen molar-refractivity contribution in [1.82, 2.24) is 5.16 Å². The second-order valence-corrected chi connectivity index (χ2v) is 5.80. The highest BCUT2D eigenvalue weighted by Gasteiger charge is 2.13. The Kier molecular flexibility index (Phi) is 3.87. The topological polar surface area (TPSA) is 44.5 Å². The number of benzene rings is 1. The number of thioether (sulfide) groups is 1. The number of hydrogen-bond donors (Lipinski definition) is 0. The summed E-state index contributed by atoms with van der Waals surface area (Å²) in [5.74, 6) is 3.42. The molecule has 0 saturated heterocycles. The van der Waals surface area contributed by atoms with E-state index in [1.165, 1.54) is 5.56 Å². The summed E-state index contributed by atoms with van der Waals surface area (Å²) in [6, 6.07) is 6.09. The van der Waals surface area contributed by atoms with Crippen LogP contribution in [0.25, 0.3) is 0 Å². The molecular weight excluding hydrogens is 274 g/mol. The molecule has 2 heterocycles. The van der Waals surface area contributed by atoms with Crippen molar-refractivity contribution in [3.8, 4) is 11.5 Å². The molecule has 0 amide bonds. The molecule has 0 unspecified atom stereocenters. The maximum absolute atomic E-state index is 5.70.